The van der Waals surface area contributed by atoms with Crippen LogP contribution in [0.5, 0.6) is 17.6 Å². The zero-order chi connectivity index (χ0) is 40.7. The van der Waals surface area contributed by atoms with E-state index in [1.807, 2.05) is 53.4 Å². The zero-order valence-electron chi connectivity index (χ0n) is 32.2. The van der Waals surface area contributed by atoms with Gasteiger partial charge in [-0.25, -0.2) is 4.98 Å². The molecule has 1 saturated heterocycles. The Bertz CT molecular complexity index is 2080. The summed E-state index contributed by atoms with van der Waals surface area (Å²) in [6.45, 7) is 1.86. The van der Waals surface area contributed by atoms with Crippen LogP contribution < -0.4 is 24.8 Å². The molecule has 3 heterocycles. The molecule has 1 aliphatic carbocycles. The Balaban J connectivity index is 1.20. The Morgan fingerprint density at radius 3 is 2.40 bits per heavy atom. The number of aromatic nitrogens is 2. The molecule has 2 atom stereocenters. The normalized spacial score (nSPS) is 16.5. The van der Waals surface area contributed by atoms with Gasteiger partial charge in [0.2, 0.25) is 23.5 Å². The van der Waals surface area contributed by atoms with Crippen molar-refractivity contribution in [3.63, 3.8) is 0 Å². The second kappa shape index (κ2) is 18.6. The third-order valence-electron chi connectivity index (χ3n) is 10.4. The van der Waals surface area contributed by atoms with Gasteiger partial charge in [-0.3, -0.25) is 9.59 Å². The molecule has 4 aromatic rings. The lowest BCUT2D eigenvalue weighted by atomic mass is 9.94. The summed E-state index contributed by atoms with van der Waals surface area (Å²) in [4.78, 5) is 33.2. The molecule has 0 spiro atoms. The van der Waals surface area contributed by atoms with Crippen molar-refractivity contribution in [2.45, 2.75) is 82.8 Å². The van der Waals surface area contributed by atoms with Crippen molar-refractivity contribution >= 4 is 23.5 Å². The van der Waals surface area contributed by atoms with Crippen molar-refractivity contribution in [3.05, 3.63) is 87.4 Å². The first-order chi connectivity index (χ1) is 27.4. The minimum atomic E-state index is -4.74. The summed E-state index contributed by atoms with van der Waals surface area (Å²) in [5.41, 5.74) is 4.72. The number of hydrogen-bond donors (Lipinski definition) is 3. The number of ether oxygens (including phenoxy) is 3. The van der Waals surface area contributed by atoms with Crippen LogP contribution in [0.4, 0.5) is 13.2 Å². The third kappa shape index (κ3) is 10.2. The van der Waals surface area contributed by atoms with Crippen LogP contribution in [-0.4, -0.2) is 72.2 Å². The summed E-state index contributed by atoms with van der Waals surface area (Å²) in [5.74, 6) is -0.843. The van der Waals surface area contributed by atoms with Crippen molar-refractivity contribution in [1.82, 2.24) is 25.5 Å². The SMILES string of the molecule is COc1nc(-c2cccc(-c3cccc4c3CC[C@@H]4Oc3nc(OC)c(CN(C)CCCCCC(=O)O)cc3C(F)(F)F)c2Cl)ccc1CNC[C@@H]1CCC(=O)N1. The van der Waals surface area contributed by atoms with E-state index in [1.54, 1.807) is 14.2 Å². The van der Waals surface area contributed by atoms with Gasteiger partial charge >= 0.3 is 12.1 Å². The molecular formula is C42H47ClF3N5O6. The van der Waals surface area contributed by atoms with Crippen LogP contribution in [0.3, 0.4) is 0 Å². The summed E-state index contributed by atoms with van der Waals surface area (Å²) < 4.78 is 60.9. The molecular weight excluding hydrogens is 763 g/mol. The van der Waals surface area contributed by atoms with E-state index in [-0.39, 0.29) is 36.4 Å². The average molecular weight is 810 g/mol. The Kier molecular flexibility index (Phi) is 13.6. The minimum Gasteiger partial charge on any atom is -0.481 e. The summed E-state index contributed by atoms with van der Waals surface area (Å²) in [7, 11) is 4.71. The van der Waals surface area contributed by atoms with Crippen molar-refractivity contribution < 1.29 is 42.1 Å². The van der Waals surface area contributed by atoms with E-state index < -0.39 is 29.7 Å². The highest BCUT2D eigenvalue weighted by molar-refractivity contribution is 6.36. The quantitative estimate of drug-likeness (QED) is 0.0849. The first-order valence-electron chi connectivity index (χ1n) is 19.0. The van der Waals surface area contributed by atoms with Gasteiger partial charge in [0.1, 0.15) is 11.7 Å². The van der Waals surface area contributed by atoms with Crippen molar-refractivity contribution in [1.29, 1.82) is 0 Å². The number of halogens is 4. The summed E-state index contributed by atoms with van der Waals surface area (Å²) in [6, 6.07) is 16.3. The number of pyridine rings is 2. The van der Waals surface area contributed by atoms with Crippen molar-refractivity contribution in [2.75, 3.05) is 34.4 Å². The van der Waals surface area contributed by atoms with Gasteiger partial charge < -0.3 is 34.9 Å². The Morgan fingerprint density at radius 2 is 1.68 bits per heavy atom. The van der Waals surface area contributed by atoms with Crippen LogP contribution in [0.1, 0.15) is 78.9 Å². The number of fused-ring (bicyclic) bond motifs is 1. The number of rotatable bonds is 18. The number of methoxy groups -OCH3 is 2. The first kappa shape index (κ1) is 41.7. The van der Waals surface area contributed by atoms with E-state index in [0.717, 1.165) is 40.3 Å². The Labute approximate surface area is 334 Å². The molecule has 1 fully saturated rings. The molecule has 304 valence electrons. The van der Waals surface area contributed by atoms with E-state index in [4.69, 9.17) is 35.9 Å². The third-order valence-corrected chi connectivity index (χ3v) is 10.8. The number of carboxylic acids is 1. The number of carbonyl (C=O) groups is 2. The highest BCUT2D eigenvalue weighted by Crippen LogP contribution is 2.46. The number of amides is 1. The van der Waals surface area contributed by atoms with Gasteiger partial charge in [-0.15, -0.1) is 0 Å². The number of alkyl halides is 3. The number of nitrogens with zero attached hydrogens (tertiary/aromatic N) is 3. The van der Waals surface area contributed by atoms with Crippen LogP contribution in [0, 0.1) is 0 Å². The molecule has 15 heteroatoms. The molecule has 6 rings (SSSR count). The van der Waals surface area contributed by atoms with E-state index in [1.165, 1.54) is 7.11 Å². The summed E-state index contributed by atoms with van der Waals surface area (Å²) >= 11 is 7.12. The van der Waals surface area contributed by atoms with E-state index in [2.05, 4.69) is 15.6 Å². The standard InChI is InChI=1S/C42H47ClF3N5O6/c1-51(20-6-4-5-13-37(53)54)24-26-21-33(42(44,45)46)41(50-40(26)56-3)57-35-18-16-29-28(9-7-10-30(29)35)31-11-8-12-32(38(31)43)34-17-14-25(39(49-34)55-2)22-47-23-27-15-19-36(52)48-27/h7-12,14,17,21,27,35,47H,4-6,13,15-16,18-20,22-24H2,1-3H3,(H,48,52)(H,53,54)/t27-,35-/m0/s1. The molecule has 3 N–H and O–H groups in total. The maximum Gasteiger partial charge on any atom is 0.421 e. The largest absolute Gasteiger partial charge is 0.481 e. The fourth-order valence-electron chi connectivity index (χ4n) is 7.52. The molecule has 57 heavy (non-hydrogen) atoms. The highest BCUT2D eigenvalue weighted by Gasteiger charge is 2.39. The number of carbonyl (C=O) groups excluding carboxylic acids is 1. The molecule has 0 unspecified atom stereocenters. The minimum absolute atomic E-state index is 0.0416. The fraction of sp³-hybridized carbons (Fsp3) is 0.429. The highest BCUT2D eigenvalue weighted by atomic mass is 35.5. The molecule has 2 aromatic carbocycles. The predicted molar refractivity (Wildman–Crippen MR) is 209 cm³/mol. The van der Waals surface area contributed by atoms with Gasteiger partial charge in [0.05, 0.1) is 24.9 Å². The maximum atomic E-state index is 14.6. The van der Waals surface area contributed by atoms with Gasteiger partial charge in [-0.05, 0) is 74.5 Å². The van der Waals surface area contributed by atoms with Gasteiger partial charge in [-0.1, -0.05) is 60.5 Å². The van der Waals surface area contributed by atoms with Crippen LogP contribution >= 0.6 is 11.6 Å². The predicted octanol–water partition coefficient (Wildman–Crippen LogP) is 8.01. The molecule has 2 aliphatic rings. The Morgan fingerprint density at radius 1 is 0.947 bits per heavy atom. The van der Waals surface area contributed by atoms with Crippen LogP contribution in [-0.2, 0) is 35.3 Å². The van der Waals surface area contributed by atoms with Crippen LogP contribution in [0.25, 0.3) is 22.4 Å². The van der Waals surface area contributed by atoms with Gasteiger partial charge in [-0.2, -0.15) is 18.2 Å². The Hall–Kier alpha value is -4.92. The topological polar surface area (TPSA) is 135 Å². The second-order valence-corrected chi connectivity index (χ2v) is 14.8. The fourth-order valence-corrected chi connectivity index (χ4v) is 7.84. The number of unbranched alkanes of at least 4 members (excludes halogenated alkanes) is 2. The van der Waals surface area contributed by atoms with Gasteiger partial charge in [0.25, 0.3) is 0 Å². The molecule has 0 radical (unpaired) electrons. The molecule has 0 saturated carbocycles. The maximum absolute atomic E-state index is 14.6. The van der Waals surface area contributed by atoms with E-state index in [0.29, 0.717) is 80.3 Å². The second-order valence-electron chi connectivity index (χ2n) is 14.4. The summed E-state index contributed by atoms with van der Waals surface area (Å²) in [6.07, 6.45) is -1.11. The zero-order valence-corrected chi connectivity index (χ0v) is 32.9. The number of aliphatic carboxylic acids is 1. The monoisotopic (exact) mass is 809 g/mol. The van der Waals surface area contributed by atoms with Crippen LogP contribution in [0.15, 0.2) is 54.6 Å². The van der Waals surface area contributed by atoms with E-state index >= 15 is 0 Å². The van der Waals surface area contributed by atoms with Crippen LogP contribution in [0.2, 0.25) is 5.02 Å². The number of benzene rings is 2. The lowest BCUT2D eigenvalue weighted by Gasteiger charge is -2.22. The average Bonchev–Trinajstić information content (AvgIpc) is 3.80. The molecule has 2 aromatic heterocycles. The lowest BCUT2D eigenvalue weighted by molar-refractivity contribution is -0.140. The molecule has 1 aliphatic heterocycles. The smallest absolute Gasteiger partial charge is 0.421 e. The molecule has 1 amide bonds. The van der Waals surface area contributed by atoms with Gasteiger partial charge in [0, 0.05) is 60.8 Å². The summed E-state index contributed by atoms with van der Waals surface area (Å²) in [5, 5.41) is 15.6. The lowest BCUT2D eigenvalue weighted by Crippen LogP contribution is -2.35. The molecule has 11 nitrogen and oxygen atoms in total. The van der Waals surface area contributed by atoms with Crippen molar-refractivity contribution in [2.24, 2.45) is 0 Å². The van der Waals surface area contributed by atoms with Crippen molar-refractivity contribution in [3.8, 4) is 40.0 Å². The number of carboxylic acid groups (broad SMARTS) is 1. The van der Waals surface area contributed by atoms with E-state index in [9.17, 15) is 22.8 Å². The first-order valence-corrected chi connectivity index (χ1v) is 19.4. The van der Waals surface area contributed by atoms with Gasteiger partial charge in [0.15, 0.2) is 0 Å². The number of nitrogens with one attached hydrogen (secondary N) is 2. The molecule has 0 bridgehead atoms. The number of hydrogen-bond acceptors (Lipinski definition) is 9.